The lowest BCUT2D eigenvalue weighted by molar-refractivity contribution is -0.124. The Morgan fingerprint density at radius 3 is 0.964 bits per heavy atom. The maximum Gasteiger partial charge on any atom is 0.325 e. The number of carbonyl (C=O) groups excluding carboxylic acids is 8. The monoisotopic (exact) mass is 1570 g/mol. The Hall–Kier alpha value is -10.5. The minimum atomic E-state index is -1.18. The zero-order chi connectivity index (χ0) is 80.3. The summed E-state index contributed by atoms with van der Waals surface area (Å²) < 4.78 is 54.2. The first-order valence-electron chi connectivity index (χ1n) is 36.1. The van der Waals surface area contributed by atoms with E-state index >= 15 is 0 Å². The van der Waals surface area contributed by atoms with E-state index in [1.54, 1.807) is 24.0 Å². The summed E-state index contributed by atoms with van der Waals surface area (Å²) in [6, 6.07) is 7.92. The molecule has 0 saturated heterocycles. The molecule has 616 valence electrons. The summed E-state index contributed by atoms with van der Waals surface area (Å²) in [6.45, 7) is 2.05. The molecule has 111 heavy (non-hydrogen) atoms. The van der Waals surface area contributed by atoms with Crippen LogP contribution in [0.5, 0.6) is 23.0 Å². The number of nitrogens with two attached hydrogens (primary N) is 1. The van der Waals surface area contributed by atoms with Crippen molar-refractivity contribution in [1.82, 2.24) is 81.1 Å². The molecule has 4 aromatic heterocycles. The molecule has 1 unspecified atom stereocenters. The van der Waals surface area contributed by atoms with Gasteiger partial charge in [0.2, 0.25) is 0 Å². The molecule has 8 aliphatic rings. The largest absolute Gasteiger partial charge is 0.478 e. The summed E-state index contributed by atoms with van der Waals surface area (Å²) in [5.74, 6) is -8.27. The number of nitrogens with one attached hydrogen (secondary N) is 8. The first-order valence-corrected chi connectivity index (χ1v) is 36.1. The lowest BCUT2D eigenvalue weighted by Crippen LogP contribution is -2.49. The van der Waals surface area contributed by atoms with Crippen LogP contribution in [-0.2, 0) is 47.6 Å². The maximum absolute atomic E-state index is 14.2. The zero-order valence-corrected chi connectivity index (χ0v) is 62.3. The van der Waals surface area contributed by atoms with Gasteiger partial charge in [0.25, 0.3) is 47.3 Å². The van der Waals surface area contributed by atoms with Gasteiger partial charge in [0.1, 0.15) is 22.8 Å². The van der Waals surface area contributed by atoms with Crippen LogP contribution in [0.2, 0.25) is 0 Å². The molecule has 0 aliphatic carbocycles. The molecule has 8 amide bonds. The quantitative estimate of drug-likeness (QED) is 0.0217. The van der Waals surface area contributed by atoms with E-state index in [2.05, 4.69) is 42.5 Å². The third-order valence-corrected chi connectivity index (χ3v) is 16.9. The fourth-order valence-corrected chi connectivity index (χ4v) is 10.8. The van der Waals surface area contributed by atoms with Gasteiger partial charge in [0.05, 0.1) is 66.1 Å². The van der Waals surface area contributed by atoms with Crippen LogP contribution in [0.25, 0.3) is 0 Å². The molecule has 43 nitrogen and oxygen atoms in total. The maximum atomic E-state index is 14.2. The fourth-order valence-electron chi connectivity index (χ4n) is 10.8. The van der Waals surface area contributed by atoms with Crippen LogP contribution in [-0.4, -0.2) is 350 Å². The highest BCUT2D eigenvalue weighted by Gasteiger charge is 2.26. The highest BCUT2D eigenvalue weighted by molar-refractivity contribution is 5.94. The topological polar surface area (TPSA) is 533 Å². The van der Waals surface area contributed by atoms with Gasteiger partial charge in [-0.1, -0.05) is 6.42 Å². The van der Waals surface area contributed by atoms with Crippen LogP contribution in [0.4, 0.5) is 0 Å². The van der Waals surface area contributed by atoms with Crippen molar-refractivity contribution in [1.29, 1.82) is 0 Å². The molecule has 0 radical (unpaired) electrons. The zero-order valence-electron chi connectivity index (χ0n) is 62.3. The highest BCUT2D eigenvalue weighted by Crippen LogP contribution is 2.13. The first kappa shape index (κ1) is 89.4. The van der Waals surface area contributed by atoms with Gasteiger partial charge in [0.15, 0.2) is 49.4 Å². The summed E-state index contributed by atoms with van der Waals surface area (Å²) in [7, 11) is 3.10. The van der Waals surface area contributed by atoms with Crippen molar-refractivity contribution >= 4 is 47.3 Å². The van der Waals surface area contributed by atoms with E-state index < -0.39 is 148 Å². The molecule has 8 bridgehead atoms. The number of hydrogen-bond acceptors (Lipinski definition) is 31. The van der Waals surface area contributed by atoms with Crippen molar-refractivity contribution in [3.63, 3.8) is 0 Å². The summed E-state index contributed by atoms with van der Waals surface area (Å²) in [4.78, 5) is 168. The Labute approximate surface area is 637 Å². The van der Waals surface area contributed by atoms with Crippen molar-refractivity contribution in [2.24, 2.45) is 5.73 Å². The van der Waals surface area contributed by atoms with Crippen molar-refractivity contribution in [3.05, 3.63) is 113 Å². The van der Waals surface area contributed by atoms with E-state index in [1.165, 1.54) is 0 Å². The lowest BCUT2D eigenvalue weighted by Gasteiger charge is -2.31. The number of pyridine rings is 4. The summed E-state index contributed by atoms with van der Waals surface area (Å²) in [6.07, 6.45) is 1.16. The number of ether oxygens (including phenoxy) is 10. The lowest BCUT2D eigenvalue weighted by atomic mass is 10.1. The van der Waals surface area contributed by atoms with E-state index in [4.69, 9.17) is 53.1 Å². The van der Waals surface area contributed by atoms with Crippen LogP contribution in [0.3, 0.4) is 0 Å². The van der Waals surface area contributed by atoms with Crippen LogP contribution >= 0.6 is 0 Å². The van der Waals surface area contributed by atoms with Crippen LogP contribution in [0, 0.1) is 0 Å². The predicted molar refractivity (Wildman–Crippen MR) is 390 cm³/mol. The SMILES string of the molecule is COCCOCCOCCN1CCNC(=O)COc2ccc(n(O)c2=O)C(=O)NCCN(CCN2CCNC(=O)c3ccc(c(=O)n3O)OCC(=O)NCCN(CCOCCOCCOC)CCNC(=O)COc3ccc(n(O)c3=O)C(=O)NC(CCCCN)C2)CCNC(=O)c2ccc(c(=O)n2O)OCC(=O)NCC1. The highest BCUT2D eigenvalue weighted by atomic mass is 16.6. The van der Waals surface area contributed by atoms with Gasteiger partial charge in [-0.15, -0.1) is 18.9 Å². The van der Waals surface area contributed by atoms with E-state index in [0.717, 1.165) is 48.5 Å². The molecule has 43 heteroatoms. The summed E-state index contributed by atoms with van der Waals surface area (Å²) in [5, 5.41) is 65.6. The van der Waals surface area contributed by atoms with Gasteiger partial charge in [-0.2, -0.15) is 0 Å². The van der Waals surface area contributed by atoms with Crippen LogP contribution in [0.1, 0.15) is 61.2 Å². The number of aromatic nitrogens is 4. The number of amides is 8. The van der Waals surface area contributed by atoms with E-state index in [9.17, 15) is 78.4 Å². The average Bonchev–Trinajstić information content (AvgIpc) is 0.825. The van der Waals surface area contributed by atoms with Crippen molar-refractivity contribution in [2.45, 2.75) is 25.3 Å². The second-order valence-corrected chi connectivity index (χ2v) is 24.8. The first-order chi connectivity index (χ1) is 53.6. The van der Waals surface area contributed by atoms with Gasteiger partial charge in [-0.25, -0.2) is 0 Å². The van der Waals surface area contributed by atoms with Crippen molar-refractivity contribution in [3.8, 4) is 23.0 Å². The molecule has 8 aliphatic heterocycles. The third kappa shape index (κ3) is 31.4. The number of methoxy groups -OCH3 is 2. The van der Waals surface area contributed by atoms with E-state index in [0.29, 0.717) is 65.6 Å². The molecule has 12 heterocycles. The molecular formula is C68H103N17O26. The minimum Gasteiger partial charge on any atom is -0.478 e. The van der Waals surface area contributed by atoms with Crippen molar-refractivity contribution < 1.29 is 107 Å². The third-order valence-electron chi connectivity index (χ3n) is 16.9. The van der Waals surface area contributed by atoms with Gasteiger partial charge in [-0.05, 0) is 67.9 Å². The van der Waals surface area contributed by atoms with Gasteiger partial charge >= 0.3 is 22.2 Å². The molecule has 0 aromatic carbocycles. The smallest absolute Gasteiger partial charge is 0.325 e. The molecular weight excluding hydrogens is 1470 g/mol. The molecule has 0 fully saturated rings. The normalized spacial score (nSPS) is 17.5. The Kier molecular flexibility index (Phi) is 40.0. The second kappa shape index (κ2) is 49.6. The molecule has 14 N–H and O–H groups in total. The van der Waals surface area contributed by atoms with Crippen LogP contribution < -0.4 is 89.5 Å². The standard InChI is InChI=1S/C68H103N17O26/c1-102-35-37-106-41-39-104-33-31-79-22-15-70-57(86)44-108-53-10-6-49(82(98)65(53)94)61(90)74-19-26-78(27-20-75-62(91)50-7-11-54(66(95)83(50)99)109-45-58(87)71-16-23-79)29-30-81-28-21-76-63(92)51-8-12-55(67(96)84(51)100)110-46-59(88)72-17-24-80(32-34-105-40-42-107-38-36-103-2)25-18-73-60(89)47-111-56-13-9-52(85(101)68(56)97)64(93)77-48(43-81)5-3-4-14-69/h6-13,48,98-101H,3-5,14-47,69H2,1-2H3,(H,70,86)(H,71,87)(H,72,88)(H,73,89)(H,74,90)(H,75,91)(H,76,92)(H,77,93). The average molecular weight is 1570 g/mol. The molecule has 4 aromatic rings. The Bertz CT molecular complexity index is 3790. The van der Waals surface area contributed by atoms with Gasteiger partial charge < -0.3 is 116 Å². The molecule has 0 saturated carbocycles. The van der Waals surface area contributed by atoms with E-state index in [-0.39, 0.29) is 170 Å². The Morgan fingerprint density at radius 2 is 0.640 bits per heavy atom. The number of unbranched alkanes of at least 4 members (excludes halogenated alkanes) is 1. The number of rotatable bonds is 25. The Balaban J connectivity index is 1.23. The second-order valence-electron chi connectivity index (χ2n) is 24.8. The number of hydrogen-bond donors (Lipinski definition) is 13. The fraction of sp³-hybridized carbons (Fsp3) is 0.588. The van der Waals surface area contributed by atoms with E-state index in [1.807, 2.05) is 9.80 Å². The molecule has 0 spiro atoms. The molecule has 12 rings (SSSR count). The van der Waals surface area contributed by atoms with Gasteiger partial charge in [0, 0.05) is 145 Å². The number of carbonyl (C=O) groups is 8. The Morgan fingerprint density at radius 1 is 0.360 bits per heavy atom. The minimum absolute atomic E-state index is 0.0295. The van der Waals surface area contributed by atoms with Crippen molar-refractivity contribution in [2.75, 3.05) is 238 Å². The summed E-state index contributed by atoms with van der Waals surface area (Å²) in [5.41, 5.74) is -0.955. The van der Waals surface area contributed by atoms with Crippen LogP contribution in [0.15, 0.2) is 67.7 Å². The number of nitrogens with zero attached hydrogens (tertiary/aromatic N) is 8. The predicted octanol–water partition coefficient (Wildman–Crippen LogP) is -6.63. The van der Waals surface area contributed by atoms with Gasteiger partial charge in [-0.3, -0.25) is 77.1 Å². The molecule has 1 atom stereocenters. The summed E-state index contributed by atoms with van der Waals surface area (Å²) >= 11 is 0.